The van der Waals surface area contributed by atoms with Crippen molar-refractivity contribution in [2.24, 2.45) is 5.92 Å². The predicted molar refractivity (Wildman–Crippen MR) is 77.6 cm³/mol. The molecule has 0 bridgehead atoms. The van der Waals surface area contributed by atoms with Crippen molar-refractivity contribution in [1.29, 1.82) is 0 Å². The van der Waals surface area contributed by atoms with Crippen LogP contribution in [0.25, 0.3) is 0 Å². The lowest BCUT2D eigenvalue weighted by atomic mass is 10.1. The molecule has 19 heavy (non-hydrogen) atoms. The SMILES string of the molecule is CC(C)CCC(=O)NCCCNCc1cccnc1. The molecule has 1 rings (SSSR count). The molecule has 0 saturated carbocycles. The molecule has 1 aromatic rings. The summed E-state index contributed by atoms with van der Waals surface area (Å²) < 4.78 is 0. The Hall–Kier alpha value is -1.42. The summed E-state index contributed by atoms with van der Waals surface area (Å²) in [6.07, 6.45) is 6.19. The van der Waals surface area contributed by atoms with E-state index in [0.29, 0.717) is 12.3 Å². The van der Waals surface area contributed by atoms with Crippen LogP contribution in [0.15, 0.2) is 24.5 Å². The number of carbonyl (C=O) groups is 1. The number of hydrogen-bond acceptors (Lipinski definition) is 3. The summed E-state index contributed by atoms with van der Waals surface area (Å²) in [4.78, 5) is 15.5. The van der Waals surface area contributed by atoms with Gasteiger partial charge in [0.15, 0.2) is 0 Å². The van der Waals surface area contributed by atoms with E-state index in [0.717, 1.165) is 32.5 Å². The highest BCUT2D eigenvalue weighted by atomic mass is 16.1. The van der Waals surface area contributed by atoms with Crippen LogP contribution in [0.3, 0.4) is 0 Å². The number of rotatable bonds is 9. The van der Waals surface area contributed by atoms with E-state index in [-0.39, 0.29) is 5.91 Å². The number of nitrogens with zero attached hydrogens (tertiary/aromatic N) is 1. The highest BCUT2D eigenvalue weighted by Gasteiger charge is 2.02. The number of nitrogens with one attached hydrogen (secondary N) is 2. The lowest BCUT2D eigenvalue weighted by Crippen LogP contribution is -2.27. The van der Waals surface area contributed by atoms with Crippen molar-refractivity contribution >= 4 is 5.91 Å². The van der Waals surface area contributed by atoms with Crippen molar-refractivity contribution in [2.75, 3.05) is 13.1 Å². The molecule has 106 valence electrons. The van der Waals surface area contributed by atoms with E-state index < -0.39 is 0 Å². The smallest absolute Gasteiger partial charge is 0.220 e. The number of carbonyl (C=O) groups excluding carboxylic acids is 1. The Morgan fingerprint density at radius 1 is 1.37 bits per heavy atom. The molecule has 4 heteroatoms. The van der Waals surface area contributed by atoms with Gasteiger partial charge in [-0.1, -0.05) is 19.9 Å². The molecule has 0 aliphatic carbocycles. The quantitative estimate of drug-likeness (QED) is 0.671. The van der Waals surface area contributed by atoms with Crippen molar-refractivity contribution in [3.05, 3.63) is 30.1 Å². The number of hydrogen-bond donors (Lipinski definition) is 2. The van der Waals surface area contributed by atoms with E-state index in [1.807, 2.05) is 18.3 Å². The molecule has 0 aliphatic heterocycles. The molecule has 0 spiro atoms. The maximum Gasteiger partial charge on any atom is 0.220 e. The monoisotopic (exact) mass is 263 g/mol. The van der Waals surface area contributed by atoms with Gasteiger partial charge < -0.3 is 10.6 Å². The maximum atomic E-state index is 11.5. The number of aromatic nitrogens is 1. The van der Waals surface area contributed by atoms with Crippen LogP contribution in [-0.4, -0.2) is 24.0 Å². The Labute approximate surface area is 116 Å². The summed E-state index contributed by atoms with van der Waals surface area (Å²) in [5, 5.41) is 6.28. The van der Waals surface area contributed by atoms with E-state index in [9.17, 15) is 4.79 Å². The molecule has 0 radical (unpaired) electrons. The zero-order valence-electron chi connectivity index (χ0n) is 12.0. The maximum absolute atomic E-state index is 11.5. The fourth-order valence-electron chi connectivity index (χ4n) is 1.68. The first kappa shape index (κ1) is 15.6. The second-order valence-corrected chi connectivity index (χ2v) is 5.17. The Morgan fingerprint density at radius 3 is 2.89 bits per heavy atom. The topological polar surface area (TPSA) is 54.0 Å². The first-order valence-electron chi connectivity index (χ1n) is 7.05. The van der Waals surface area contributed by atoms with Crippen LogP contribution in [0.2, 0.25) is 0 Å². The van der Waals surface area contributed by atoms with Crippen molar-refractivity contribution in [1.82, 2.24) is 15.6 Å². The van der Waals surface area contributed by atoms with Crippen LogP contribution in [0, 0.1) is 5.92 Å². The van der Waals surface area contributed by atoms with E-state index >= 15 is 0 Å². The van der Waals surface area contributed by atoms with Crippen LogP contribution in [-0.2, 0) is 11.3 Å². The van der Waals surface area contributed by atoms with Gasteiger partial charge in [-0.25, -0.2) is 0 Å². The van der Waals surface area contributed by atoms with Crippen molar-refractivity contribution < 1.29 is 4.79 Å². The Kier molecular flexibility index (Phi) is 7.82. The minimum absolute atomic E-state index is 0.168. The van der Waals surface area contributed by atoms with Crippen LogP contribution >= 0.6 is 0 Å². The predicted octanol–water partition coefficient (Wildman–Crippen LogP) is 2.11. The van der Waals surface area contributed by atoms with Gasteiger partial charge >= 0.3 is 0 Å². The van der Waals surface area contributed by atoms with Crippen molar-refractivity contribution in [3.8, 4) is 0 Å². The first-order chi connectivity index (χ1) is 9.18. The summed E-state index contributed by atoms with van der Waals surface area (Å²) in [5.74, 6) is 0.757. The summed E-state index contributed by atoms with van der Waals surface area (Å²) in [6, 6.07) is 3.99. The largest absolute Gasteiger partial charge is 0.356 e. The normalized spacial score (nSPS) is 10.7. The molecule has 0 aromatic carbocycles. The molecule has 1 heterocycles. The van der Waals surface area contributed by atoms with Gasteiger partial charge in [0.05, 0.1) is 0 Å². The van der Waals surface area contributed by atoms with Gasteiger partial charge in [0, 0.05) is 31.9 Å². The highest BCUT2D eigenvalue weighted by Crippen LogP contribution is 2.02. The minimum atomic E-state index is 0.168. The molecule has 1 amide bonds. The van der Waals surface area contributed by atoms with E-state index in [4.69, 9.17) is 0 Å². The Bertz CT molecular complexity index is 352. The summed E-state index contributed by atoms with van der Waals surface area (Å²) in [6.45, 7) is 6.75. The molecule has 4 nitrogen and oxygen atoms in total. The zero-order chi connectivity index (χ0) is 13.9. The fraction of sp³-hybridized carbons (Fsp3) is 0.600. The number of amides is 1. The zero-order valence-corrected chi connectivity index (χ0v) is 12.0. The molecule has 0 aliphatic rings. The van der Waals surface area contributed by atoms with Gasteiger partial charge in [-0.2, -0.15) is 0 Å². The van der Waals surface area contributed by atoms with Gasteiger partial charge in [0.25, 0.3) is 0 Å². The van der Waals surface area contributed by atoms with Crippen molar-refractivity contribution in [2.45, 2.75) is 39.7 Å². The standard InChI is InChI=1S/C15H25N3O/c1-13(2)6-7-15(19)18-10-4-9-17-12-14-5-3-8-16-11-14/h3,5,8,11,13,17H,4,6-7,9-10,12H2,1-2H3,(H,18,19). The third kappa shape index (κ3) is 8.32. The van der Waals surface area contributed by atoms with E-state index in [1.54, 1.807) is 6.20 Å². The third-order valence-electron chi connectivity index (χ3n) is 2.85. The molecule has 0 fully saturated rings. The second kappa shape index (κ2) is 9.50. The van der Waals surface area contributed by atoms with Gasteiger partial charge in [0.1, 0.15) is 0 Å². The Morgan fingerprint density at radius 2 is 2.21 bits per heavy atom. The van der Waals surface area contributed by atoms with E-state index in [2.05, 4.69) is 29.5 Å². The molecule has 1 aromatic heterocycles. The average Bonchev–Trinajstić information content (AvgIpc) is 2.41. The second-order valence-electron chi connectivity index (χ2n) is 5.17. The number of pyridine rings is 1. The van der Waals surface area contributed by atoms with Crippen LogP contribution < -0.4 is 10.6 Å². The third-order valence-corrected chi connectivity index (χ3v) is 2.85. The Balaban J connectivity index is 1.95. The first-order valence-corrected chi connectivity index (χ1v) is 7.05. The lowest BCUT2D eigenvalue weighted by molar-refractivity contribution is -0.121. The van der Waals surface area contributed by atoms with Gasteiger partial charge in [0.2, 0.25) is 5.91 Å². The molecule has 2 N–H and O–H groups in total. The van der Waals surface area contributed by atoms with Gasteiger partial charge in [-0.3, -0.25) is 9.78 Å². The van der Waals surface area contributed by atoms with Crippen LogP contribution in [0.1, 0.15) is 38.7 Å². The summed E-state index contributed by atoms with van der Waals surface area (Å²) in [5.41, 5.74) is 1.18. The molecular formula is C15H25N3O. The molecule has 0 unspecified atom stereocenters. The minimum Gasteiger partial charge on any atom is -0.356 e. The van der Waals surface area contributed by atoms with Gasteiger partial charge in [-0.15, -0.1) is 0 Å². The van der Waals surface area contributed by atoms with Crippen molar-refractivity contribution in [3.63, 3.8) is 0 Å². The summed E-state index contributed by atoms with van der Waals surface area (Å²) >= 11 is 0. The highest BCUT2D eigenvalue weighted by molar-refractivity contribution is 5.75. The van der Waals surface area contributed by atoms with Gasteiger partial charge in [-0.05, 0) is 36.9 Å². The molecule has 0 atom stereocenters. The van der Waals surface area contributed by atoms with E-state index in [1.165, 1.54) is 5.56 Å². The summed E-state index contributed by atoms with van der Waals surface area (Å²) in [7, 11) is 0. The molecular weight excluding hydrogens is 238 g/mol. The van der Waals surface area contributed by atoms with Crippen LogP contribution in [0.5, 0.6) is 0 Å². The molecule has 0 saturated heterocycles. The lowest BCUT2D eigenvalue weighted by Gasteiger charge is -2.07. The fourth-order valence-corrected chi connectivity index (χ4v) is 1.68. The van der Waals surface area contributed by atoms with Crippen LogP contribution in [0.4, 0.5) is 0 Å². The average molecular weight is 263 g/mol.